The molecule has 2 heterocycles. The summed E-state index contributed by atoms with van der Waals surface area (Å²) in [5.41, 5.74) is 3.26. The van der Waals surface area contributed by atoms with Crippen LogP contribution in [0.3, 0.4) is 0 Å². The van der Waals surface area contributed by atoms with Crippen LogP contribution in [0.25, 0.3) is 0 Å². The lowest BCUT2D eigenvalue weighted by Crippen LogP contribution is -2.41. The predicted octanol–water partition coefficient (Wildman–Crippen LogP) is 4.99. The zero-order valence-electron chi connectivity index (χ0n) is 18.0. The van der Waals surface area contributed by atoms with Crippen molar-refractivity contribution in [1.29, 1.82) is 0 Å². The molecule has 0 aliphatic carbocycles. The molecule has 0 spiro atoms. The second kappa shape index (κ2) is 9.60. The zero-order chi connectivity index (χ0) is 21.6. The number of benzene rings is 2. The molecule has 0 bridgehead atoms. The number of hydrogen-bond acceptors (Lipinski definition) is 5. The van der Waals surface area contributed by atoms with Crippen molar-refractivity contribution >= 4 is 17.4 Å². The molecule has 1 saturated heterocycles. The van der Waals surface area contributed by atoms with E-state index < -0.39 is 0 Å². The Morgan fingerprint density at radius 2 is 1.84 bits per heavy atom. The highest BCUT2D eigenvalue weighted by Crippen LogP contribution is 2.31. The minimum Gasteiger partial charge on any atom is -0.436 e. The van der Waals surface area contributed by atoms with Crippen LogP contribution in [-0.2, 0) is 11.2 Å². The number of carbonyl (C=O) groups is 1. The lowest BCUT2D eigenvalue weighted by molar-refractivity contribution is -0.120. The Bertz CT molecular complexity index is 1020. The molecule has 1 amide bonds. The van der Waals surface area contributed by atoms with Gasteiger partial charge in [-0.1, -0.05) is 36.8 Å². The number of piperidine rings is 1. The molecule has 3 aromatic rings. The topological polar surface area (TPSA) is 67.4 Å². The SMILES string of the molecule is CCc1ccc(NC(=O)[C@H]2CCCN(c3nccnc3Oc3ccc(C)cc3)C2)cc1. The van der Waals surface area contributed by atoms with Crippen LogP contribution in [0, 0.1) is 12.8 Å². The van der Waals surface area contributed by atoms with Gasteiger partial charge in [0.25, 0.3) is 5.88 Å². The van der Waals surface area contributed by atoms with E-state index in [0.29, 0.717) is 24.0 Å². The summed E-state index contributed by atoms with van der Waals surface area (Å²) in [5.74, 6) is 1.78. The summed E-state index contributed by atoms with van der Waals surface area (Å²) in [7, 11) is 0. The number of ether oxygens (including phenoxy) is 1. The van der Waals surface area contributed by atoms with Gasteiger partial charge in [-0.15, -0.1) is 0 Å². The van der Waals surface area contributed by atoms with Gasteiger partial charge in [-0.3, -0.25) is 4.79 Å². The van der Waals surface area contributed by atoms with E-state index in [9.17, 15) is 4.79 Å². The smallest absolute Gasteiger partial charge is 0.263 e. The van der Waals surface area contributed by atoms with E-state index in [1.54, 1.807) is 12.4 Å². The summed E-state index contributed by atoms with van der Waals surface area (Å²) in [6.07, 6.45) is 6.03. The number of aromatic nitrogens is 2. The fourth-order valence-electron chi connectivity index (χ4n) is 3.78. The molecule has 0 saturated carbocycles. The molecule has 1 aromatic heterocycles. The number of hydrogen-bond donors (Lipinski definition) is 1. The van der Waals surface area contributed by atoms with E-state index in [4.69, 9.17) is 4.74 Å². The molecule has 1 aliphatic rings. The lowest BCUT2D eigenvalue weighted by atomic mass is 9.97. The first-order valence-corrected chi connectivity index (χ1v) is 10.8. The van der Waals surface area contributed by atoms with E-state index >= 15 is 0 Å². The van der Waals surface area contributed by atoms with Gasteiger partial charge in [0.15, 0.2) is 5.82 Å². The molecule has 1 fully saturated rings. The lowest BCUT2D eigenvalue weighted by Gasteiger charge is -2.33. The number of anilines is 2. The van der Waals surface area contributed by atoms with Crippen LogP contribution in [0.2, 0.25) is 0 Å². The fraction of sp³-hybridized carbons (Fsp3) is 0.320. The van der Waals surface area contributed by atoms with Crippen molar-refractivity contribution in [2.45, 2.75) is 33.1 Å². The van der Waals surface area contributed by atoms with Gasteiger partial charge in [0, 0.05) is 31.2 Å². The Kier molecular flexibility index (Phi) is 6.46. The van der Waals surface area contributed by atoms with Crippen LogP contribution in [0.4, 0.5) is 11.5 Å². The van der Waals surface area contributed by atoms with Crippen molar-refractivity contribution in [2.75, 3.05) is 23.3 Å². The molecule has 6 heteroatoms. The first-order valence-electron chi connectivity index (χ1n) is 10.8. The summed E-state index contributed by atoms with van der Waals surface area (Å²) in [6.45, 7) is 5.56. The third kappa shape index (κ3) is 5.20. The molecule has 1 atom stereocenters. The van der Waals surface area contributed by atoms with E-state index in [1.807, 2.05) is 43.3 Å². The van der Waals surface area contributed by atoms with Crippen LogP contribution in [-0.4, -0.2) is 29.0 Å². The van der Waals surface area contributed by atoms with Crippen molar-refractivity contribution in [2.24, 2.45) is 5.92 Å². The standard InChI is InChI=1S/C25H28N4O2/c1-3-19-8-10-21(11-9-19)28-24(30)20-5-4-16-29(17-20)23-25(27-15-14-26-23)31-22-12-6-18(2)7-13-22/h6-15,20H,3-5,16-17H2,1-2H3,(H,28,30)/t20-/m0/s1. The predicted molar refractivity (Wildman–Crippen MR) is 123 cm³/mol. The molecule has 31 heavy (non-hydrogen) atoms. The largest absolute Gasteiger partial charge is 0.436 e. The van der Waals surface area contributed by atoms with Gasteiger partial charge in [-0.25, -0.2) is 9.97 Å². The number of nitrogens with one attached hydrogen (secondary N) is 1. The van der Waals surface area contributed by atoms with Gasteiger partial charge in [-0.2, -0.15) is 0 Å². The molecular weight excluding hydrogens is 388 g/mol. The Morgan fingerprint density at radius 1 is 1.10 bits per heavy atom. The number of carbonyl (C=O) groups excluding carboxylic acids is 1. The van der Waals surface area contributed by atoms with Crippen LogP contribution < -0.4 is 15.0 Å². The Hall–Kier alpha value is -3.41. The van der Waals surface area contributed by atoms with Gasteiger partial charge in [0.2, 0.25) is 5.91 Å². The minimum atomic E-state index is -0.117. The Morgan fingerprint density at radius 3 is 2.58 bits per heavy atom. The highest BCUT2D eigenvalue weighted by molar-refractivity contribution is 5.93. The monoisotopic (exact) mass is 416 g/mol. The van der Waals surface area contributed by atoms with Gasteiger partial charge in [0.05, 0.1) is 5.92 Å². The van der Waals surface area contributed by atoms with E-state index in [1.165, 1.54) is 11.1 Å². The van der Waals surface area contributed by atoms with Crippen molar-refractivity contribution in [3.8, 4) is 11.6 Å². The maximum atomic E-state index is 12.9. The molecule has 2 aromatic carbocycles. The first kappa shape index (κ1) is 20.8. The van der Waals surface area contributed by atoms with Crippen LogP contribution in [0.5, 0.6) is 11.6 Å². The number of amides is 1. The summed E-state index contributed by atoms with van der Waals surface area (Å²) < 4.78 is 6.02. The second-order valence-corrected chi connectivity index (χ2v) is 7.93. The Labute approximate surface area is 183 Å². The fourth-order valence-corrected chi connectivity index (χ4v) is 3.78. The van der Waals surface area contributed by atoms with Crippen LogP contribution in [0.15, 0.2) is 60.9 Å². The van der Waals surface area contributed by atoms with Crippen molar-refractivity contribution in [1.82, 2.24) is 9.97 Å². The van der Waals surface area contributed by atoms with Gasteiger partial charge in [0.1, 0.15) is 5.75 Å². The van der Waals surface area contributed by atoms with Crippen LogP contribution >= 0.6 is 0 Å². The highest BCUT2D eigenvalue weighted by atomic mass is 16.5. The third-order valence-corrected chi connectivity index (χ3v) is 5.60. The normalized spacial score (nSPS) is 16.1. The molecule has 0 radical (unpaired) electrons. The maximum Gasteiger partial charge on any atom is 0.263 e. The summed E-state index contributed by atoms with van der Waals surface area (Å²) in [6, 6.07) is 15.9. The molecule has 0 unspecified atom stereocenters. The van der Waals surface area contributed by atoms with Crippen molar-refractivity contribution in [3.63, 3.8) is 0 Å². The zero-order valence-corrected chi connectivity index (χ0v) is 18.0. The van der Waals surface area contributed by atoms with Crippen molar-refractivity contribution < 1.29 is 9.53 Å². The van der Waals surface area contributed by atoms with Crippen molar-refractivity contribution in [3.05, 3.63) is 72.1 Å². The molecule has 1 N–H and O–H groups in total. The van der Waals surface area contributed by atoms with E-state index in [-0.39, 0.29) is 11.8 Å². The molecular formula is C25H28N4O2. The van der Waals surface area contributed by atoms with Gasteiger partial charge < -0.3 is 15.0 Å². The molecule has 4 rings (SSSR count). The maximum absolute atomic E-state index is 12.9. The van der Waals surface area contributed by atoms with E-state index in [0.717, 1.165) is 31.5 Å². The second-order valence-electron chi connectivity index (χ2n) is 7.93. The average Bonchev–Trinajstić information content (AvgIpc) is 2.81. The number of aryl methyl sites for hydroxylation is 2. The number of rotatable bonds is 6. The molecule has 1 aliphatic heterocycles. The number of nitrogens with zero attached hydrogens (tertiary/aromatic N) is 3. The van der Waals surface area contributed by atoms with Gasteiger partial charge >= 0.3 is 0 Å². The third-order valence-electron chi connectivity index (χ3n) is 5.60. The molecule has 160 valence electrons. The summed E-state index contributed by atoms with van der Waals surface area (Å²) in [5, 5.41) is 3.06. The Balaban J connectivity index is 1.45. The average molecular weight is 417 g/mol. The minimum absolute atomic E-state index is 0.0406. The summed E-state index contributed by atoms with van der Waals surface area (Å²) >= 11 is 0. The van der Waals surface area contributed by atoms with E-state index in [2.05, 4.69) is 39.2 Å². The summed E-state index contributed by atoms with van der Waals surface area (Å²) in [4.78, 5) is 23.9. The quantitative estimate of drug-likeness (QED) is 0.613. The van der Waals surface area contributed by atoms with Gasteiger partial charge in [-0.05, 0) is 56.0 Å². The van der Waals surface area contributed by atoms with Crippen LogP contribution in [0.1, 0.15) is 30.9 Å². The molecule has 6 nitrogen and oxygen atoms in total. The first-order chi connectivity index (χ1) is 15.1. The highest BCUT2D eigenvalue weighted by Gasteiger charge is 2.28.